The van der Waals surface area contributed by atoms with Crippen LogP contribution >= 0.6 is 0 Å². The van der Waals surface area contributed by atoms with E-state index in [0.717, 1.165) is 0 Å². The number of rotatable bonds is 4. The van der Waals surface area contributed by atoms with Gasteiger partial charge in [-0.2, -0.15) is 0 Å². The molecule has 0 heterocycles. The van der Waals surface area contributed by atoms with E-state index in [1.165, 1.54) is 12.0 Å². The van der Waals surface area contributed by atoms with Gasteiger partial charge in [-0.1, -0.05) is 58.0 Å². The van der Waals surface area contributed by atoms with Gasteiger partial charge in [-0.15, -0.1) is 0 Å². The topological polar surface area (TPSA) is 12.0 Å². The molecule has 0 amide bonds. The minimum atomic E-state index is 0.317. The SMILES string of the molecule is CC[C@@H](NC(C)c1ccccc1)C(C)(C)C. The summed E-state index contributed by atoms with van der Waals surface area (Å²) in [6.07, 6.45) is 1.17. The van der Waals surface area contributed by atoms with Crippen molar-refractivity contribution in [2.24, 2.45) is 5.41 Å². The summed E-state index contributed by atoms with van der Waals surface area (Å²) in [7, 11) is 0. The largest absolute Gasteiger partial charge is 0.307 e. The summed E-state index contributed by atoms with van der Waals surface area (Å²) < 4.78 is 0. The summed E-state index contributed by atoms with van der Waals surface area (Å²) in [5.74, 6) is 0. The van der Waals surface area contributed by atoms with Crippen LogP contribution in [0, 0.1) is 5.41 Å². The Morgan fingerprint density at radius 1 is 1.12 bits per heavy atom. The second-order valence-corrected chi connectivity index (χ2v) is 5.63. The third kappa shape index (κ3) is 3.64. The molecule has 2 atom stereocenters. The van der Waals surface area contributed by atoms with Gasteiger partial charge in [0.2, 0.25) is 0 Å². The average Bonchev–Trinajstić information content (AvgIpc) is 2.25. The molecule has 1 N–H and O–H groups in total. The molecule has 0 aromatic heterocycles. The van der Waals surface area contributed by atoms with Crippen LogP contribution in [0.4, 0.5) is 0 Å². The first-order valence-electron chi connectivity index (χ1n) is 6.26. The minimum absolute atomic E-state index is 0.317. The van der Waals surface area contributed by atoms with Gasteiger partial charge in [-0.05, 0) is 24.3 Å². The van der Waals surface area contributed by atoms with Crippen LogP contribution in [-0.2, 0) is 0 Å². The normalized spacial score (nSPS) is 15.8. The van der Waals surface area contributed by atoms with Gasteiger partial charge in [0.05, 0.1) is 0 Å². The molecule has 1 heteroatoms. The highest BCUT2D eigenvalue weighted by molar-refractivity contribution is 5.18. The van der Waals surface area contributed by atoms with Gasteiger partial charge in [-0.3, -0.25) is 0 Å². The third-order valence-corrected chi connectivity index (χ3v) is 3.20. The van der Waals surface area contributed by atoms with E-state index < -0.39 is 0 Å². The molecule has 90 valence electrons. The second kappa shape index (κ2) is 5.49. The van der Waals surface area contributed by atoms with Crippen LogP contribution in [0.5, 0.6) is 0 Å². The van der Waals surface area contributed by atoms with Crippen molar-refractivity contribution >= 4 is 0 Å². The Morgan fingerprint density at radius 3 is 2.12 bits per heavy atom. The standard InChI is InChI=1S/C15H25N/c1-6-14(15(3,4)5)16-12(2)13-10-8-7-9-11-13/h7-12,14,16H,6H2,1-5H3/t12?,14-/m1/s1. The molecular weight excluding hydrogens is 194 g/mol. The zero-order valence-corrected chi connectivity index (χ0v) is 11.2. The van der Waals surface area contributed by atoms with E-state index in [9.17, 15) is 0 Å². The van der Waals surface area contributed by atoms with Crippen LogP contribution in [0.2, 0.25) is 0 Å². The van der Waals surface area contributed by atoms with Gasteiger partial charge in [0.1, 0.15) is 0 Å². The smallest absolute Gasteiger partial charge is 0.0294 e. The number of hydrogen-bond donors (Lipinski definition) is 1. The van der Waals surface area contributed by atoms with Crippen LogP contribution in [-0.4, -0.2) is 6.04 Å². The number of benzene rings is 1. The van der Waals surface area contributed by atoms with Crippen LogP contribution in [0.15, 0.2) is 30.3 Å². The van der Waals surface area contributed by atoms with Gasteiger partial charge >= 0.3 is 0 Å². The molecule has 1 unspecified atom stereocenters. The lowest BCUT2D eigenvalue weighted by atomic mass is 9.84. The summed E-state index contributed by atoms with van der Waals surface area (Å²) in [5, 5.41) is 3.72. The van der Waals surface area contributed by atoms with Gasteiger partial charge in [0, 0.05) is 12.1 Å². The van der Waals surface area contributed by atoms with Gasteiger partial charge < -0.3 is 5.32 Å². The lowest BCUT2D eigenvalue weighted by molar-refractivity contribution is 0.244. The molecule has 0 spiro atoms. The maximum absolute atomic E-state index is 3.72. The number of nitrogens with one attached hydrogen (secondary N) is 1. The molecule has 0 aliphatic rings. The molecular formula is C15H25N. The van der Waals surface area contributed by atoms with E-state index in [-0.39, 0.29) is 0 Å². The Morgan fingerprint density at radius 2 is 1.69 bits per heavy atom. The molecule has 0 radical (unpaired) electrons. The van der Waals surface area contributed by atoms with Crippen molar-refractivity contribution in [3.05, 3.63) is 35.9 Å². The predicted octanol–water partition coefficient (Wildman–Crippen LogP) is 4.16. The van der Waals surface area contributed by atoms with Gasteiger partial charge in [-0.25, -0.2) is 0 Å². The van der Waals surface area contributed by atoms with Crippen molar-refractivity contribution in [2.75, 3.05) is 0 Å². The van der Waals surface area contributed by atoms with Crippen LogP contribution in [0.1, 0.15) is 52.6 Å². The Labute approximate surface area is 100 Å². The first-order valence-corrected chi connectivity index (χ1v) is 6.26. The molecule has 0 saturated heterocycles. The highest BCUT2D eigenvalue weighted by Crippen LogP contribution is 2.24. The Balaban J connectivity index is 2.67. The fraction of sp³-hybridized carbons (Fsp3) is 0.600. The lowest BCUT2D eigenvalue weighted by Crippen LogP contribution is -2.41. The first-order chi connectivity index (χ1) is 7.45. The molecule has 0 aliphatic heterocycles. The fourth-order valence-corrected chi connectivity index (χ4v) is 2.12. The van der Waals surface area contributed by atoms with E-state index in [1.807, 2.05) is 0 Å². The van der Waals surface area contributed by atoms with Crippen molar-refractivity contribution in [1.82, 2.24) is 5.32 Å². The predicted molar refractivity (Wildman–Crippen MR) is 71.5 cm³/mol. The van der Waals surface area contributed by atoms with Crippen LogP contribution in [0.25, 0.3) is 0 Å². The molecule has 1 aromatic rings. The summed E-state index contributed by atoms with van der Waals surface area (Å²) in [6, 6.07) is 11.6. The monoisotopic (exact) mass is 219 g/mol. The molecule has 1 rings (SSSR count). The van der Waals surface area contributed by atoms with Gasteiger partial charge in [0.15, 0.2) is 0 Å². The van der Waals surface area contributed by atoms with E-state index >= 15 is 0 Å². The zero-order chi connectivity index (χ0) is 12.2. The Bertz CT molecular complexity index is 297. The van der Waals surface area contributed by atoms with Crippen LogP contribution in [0.3, 0.4) is 0 Å². The summed E-state index contributed by atoms with van der Waals surface area (Å²) >= 11 is 0. The molecule has 16 heavy (non-hydrogen) atoms. The summed E-state index contributed by atoms with van der Waals surface area (Å²) in [5.41, 5.74) is 1.68. The fourth-order valence-electron chi connectivity index (χ4n) is 2.12. The van der Waals surface area contributed by atoms with Crippen molar-refractivity contribution in [3.63, 3.8) is 0 Å². The quantitative estimate of drug-likeness (QED) is 0.801. The minimum Gasteiger partial charge on any atom is -0.307 e. The second-order valence-electron chi connectivity index (χ2n) is 5.63. The summed E-state index contributed by atoms with van der Waals surface area (Å²) in [6.45, 7) is 11.4. The molecule has 1 aromatic carbocycles. The highest BCUT2D eigenvalue weighted by atomic mass is 15.0. The van der Waals surface area contributed by atoms with Crippen molar-refractivity contribution in [1.29, 1.82) is 0 Å². The van der Waals surface area contributed by atoms with E-state index in [1.54, 1.807) is 0 Å². The van der Waals surface area contributed by atoms with Crippen molar-refractivity contribution in [2.45, 2.75) is 53.1 Å². The van der Waals surface area contributed by atoms with Crippen LogP contribution < -0.4 is 5.32 Å². The maximum atomic E-state index is 3.72. The third-order valence-electron chi connectivity index (χ3n) is 3.20. The average molecular weight is 219 g/mol. The highest BCUT2D eigenvalue weighted by Gasteiger charge is 2.24. The van der Waals surface area contributed by atoms with Gasteiger partial charge in [0.25, 0.3) is 0 Å². The molecule has 1 nitrogen and oxygen atoms in total. The maximum Gasteiger partial charge on any atom is 0.0294 e. The zero-order valence-electron chi connectivity index (χ0n) is 11.2. The number of hydrogen-bond acceptors (Lipinski definition) is 1. The van der Waals surface area contributed by atoms with Crippen molar-refractivity contribution < 1.29 is 0 Å². The summed E-state index contributed by atoms with van der Waals surface area (Å²) in [4.78, 5) is 0. The molecule has 0 aliphatic carbocycles. The van der Waals surface area contributed by atoms with E-state index in [2.05, 4.69) is 70.3 Å². The first kappa shape index (κ1) is 13.2. The molecule has 0 bridgehead atoms. The Hall–Kier alpha value is -0.820. The van der Waals surface area contributed by atoms with Crippen molar-refractivity contribution in [3.8, 4) is 0 Å². The molecule has 0 saturated carbocycles. The van der Waals surface area contributed by atoms with E-state index in [4.69, 9.17) is 0 Å². The Kier molecular flexibility index (Phi) is 4.55. The molecule has 0 fully saturated rings. The van der Waals surface area contributed by atoms with E-state index in [0.29, 0.717) is 17.5 Å². The lowest BCUT2D eigenvalue weighted by Gasteiger charge is -2.33.